The van der Waals surface area contributed by atoms with E-state index in [1.807, 2.05) is 35.0 Å². The summed E-state index contributed by atoms with van der Waals surface area (Å²) in [5.74, 6) is 2.09. The van der Waals surface area contributed by atoms with Crippen LogP contribution in [0.25, 0.3) is 5.65 Å². The normalized spacial score (nSPS) is 14.5. The maximum Gasteiger partial charge on any atom is 0.137 e. The van der Waals surface area contributed by atoms with Crippen molar-refractivity contribution in [3.05, 3.63) is 53.3 Å². The lowest BCUT2D eigenvalue weighted by molar-refractivity contribution is 0.918. The van der Waals surface area contributed by atoms with Gasteiger partial charge in [0.15, 0.2) is 0 Å². The topological polar surface area (TPSA) is 55.1 Å². The Bertz CT molecular complexity index is 761. The molecule has 5 nitrogen and oxygen atoms in total. The summed E-state index contributed by atoms with van der Waals surface area (Å²) in [4.78, 5) is 13.3. The molecule has 21 heavy (non-hydrogen) atoms. The van der Waals surface area contributed by atoms with Gasteiger partial charge in [-0.15, -0.1) is 0 Å². The average molecular weight is 300 g/mol. The van der Waals surface area contributed by atoms with E-state index >= 15 is 0 Å². The number of nitrogens with one attached hydrogen (secondary N) is 1. The van der Waals surface area contributed by atoms with Gasteiger partial charge < -0.3 is 9.72 Å². The second-order valence-electron chi connectivity index (χ2n) is 5.26. The molecule has 0 aliphatic heterocycles. The second kappa shape index (κ2) is 5.00. The van der Waals surface area contributed by atoms with Gasteiger partial charge in [-0.05, 0) is 25.0 Å². The highest BCUT2D eigenvalue weighted by Crippen LogP contribution is 2.38. The van der Waals surface area contributed by atoms with Crippen LogP contribution in [-0.4, -0.2) is 19.4 Å². The fraction of sp³-hybridized carbons (Fsp3) is 0.267. The molecule has 0 amide bonds. The third-order valence-corrected chi connectivity index (χ3v) is 3.71. The van der Waals surface area contributed by atoms with Gasteiger partial charge in [0.25, 0.3) is 0 Å². The van der Waals surface area contributed by atoms with E-state index in [9.17, 15) is 0 Å². The quantitative estimate of drug-likeness (QED) is 0.751. The van der Waals surface area contributed by atoms with Crippen LogP contribution in [0.1, 0.15) is 30.3 Å². The van der Waals surface area contributed by atoms with Crippen molar-refractivity contribution >= 4 is 23.1 Å². The molecule has 0 atom stereocenters. The monoisotopic (exact) mass is 299 g/mol. The first-order valence-corrected chi connectivity index (χ1v) is 7.37. The summed E-state index contributed by atoms with van der Waals surface area (Å²) in [7, 11) is 0. The minimum atomic E-state index is 0.486. The average Bonchev–Trinajstić information content (AvgIpc) is 3.24. The maximum atomic E-state index is 6.06. The molecule has 6 heteroatoms. The predicted molar refractivity (Wildman–Crippen MR) is 81.5 cm³/mol. The molecule has 3 aromatic rings. The van der Waals surface area contributed by atoms with E-state index in [0.717, 1.165) is 35.8 Å². The number of nitrogens with zero attached hydrogens (tertiary/aromatic N) is 4. The van der Waals surface area contributed by atoms with Crippen molar-refractivity contribution in [2.45, 2.75) is 25.3 Å². The van der Waals surface area contributed by atoms with Crippen molar-refractivity contribution < 1.29 is 0 Å². The second-order valence-corrected chi connectivity index (χ2v) is 5.65. The van der Waals surface area contributed by atoms with E-state index in [2.05, 4.69) is 20.3 Å². The number of pyridine rings is 1. The highest BCUT2D eigenvalue weighted by Gasteiger charge is 2.27. The van der Waals surface area contributed by atoms with Gasteiger partial charge in [0.1, 0.15) is 22.4 Å². The van der Waals surface area contributed by atoms with Crippen LogP contribution in [0.5, 0.6) is 0 Å². The molecule has 0 spiro atoms. The molecular weight excluding hydrogens is 286 g/mol. The maximum absolute atomic E-state index is 6.06. The predicted octanol–water partition coefficient (Wildman–Crippen LogP) is 3.27. The third-order valence-electron chi connectivity index (χ3n) is 3.52. The smallest absolute Gasteiger partial charge is 0.137 e. The molecule has 4 rings (SSSR count). The highest BCUT2D eigenvalue weighted by atomic mass is 35.5. The number of anilines is 1. The zero-order valence-corrected chi connectivity index (χ0v) is 12.1. The fourth-order valence-corrected chi connectivity index (χ4v) is 2.49. The number of hydrogen-bond acceptors (Lipinski definition) is 4. The molecule has 0 saturated heterocycles. The number of rotatable bonds is 4. The summed E-state index contributed by atoms with van der Waals surface area (Å²) in [6, 6.07) is 7.70. The molecule has 3 heterocycles. The molecule has 106 valence electrons. The number of fused-ring (bicyclic) bond motifs is 1. The minimum absolute atomic E-state index is 0.486. The lowest BCUT2D eigenvalue weighted by Crippen LogP contribution is -2.04. The van der Waals surface area contributed by atoms with Crippen molar-refractivity contribution in [3.8, 4) is 0 Å². The van der Waals surface area contributed by atoms with E-state index in [0.29, 0.717) is 17.6 Å². The van der Waals surface area contributed by atoms with Gasteiger partial charge in [-0.3, -0.25) is 0 Å². The van der Waals surface area contributed by atoms with Gasteiger partial charge in [0, 0.05) is 24.4 Å². The third kappa shape index (κ3) is 2.69. The van der Waals surface area contributed by atoms with Gasteiger partial charge in [-0.2, -0.15) is 0 Å². The zero-order chi connectivity index (χ0) is 14.2. The Morgan fingerprint density at radius 3 is 2.95 bits per heavy atom. The number of halogens is 1. The van der Waals surface area contributed by atoms with Gasteiger partial charge in [0.2, 0.25) is 0 Å². The van der Waals surface area contributed by atoms with Crippen LogP contribution >= 0.6 is 11.6 Å². The SMILES string of the molecule is Clc1cc(NCc2cn3ccccc3n2)nc(C2CC2)n1. The Morgan fingerprint density at radius 1 is 1.24 bits per heavy atom. The van der Waals surface area contributed by atoms with Gasteiger partial charge in [0.05, 0.1) is 12.2 Å². The lowest BCUT2D eigenvalue weighted by Gasteiger charge is -2.06. The first kappa shape index (κ1) is 12.6. The lowest BCUT2D eigenvalue weighted by atomic mass is 10.4. The van der Waals surface area contributed by atoms with Crippen molar-refractivity contribution in [3.63, 3.8) is 0 Å². The zero-order valence-electron chi connectivity index (χ0n) is 11.3. The Hall–Kier alpha value is -2.14. The van der Waals surface area contributed by atoms with E-state index in [1.54, 1.807) is 6.07 Å². The van der Waals surface area contributed by atoms with Crippen molar-refractivity contribution in [1.82, 2.24) is 19.4 Å². The summed E-state index contributed by atoms with van der Waals surface area (Å²) in [6.07, 6.45) is 6.31. The van der Waals surface area contributed by atoms with Crippen LogP contribution in [0.2, 0.25) is 5.15 Å². The molecular formula is C15H14ClN5. The van der Waals surface area contributed by atoms with Crippen molar-refractivity contribution in [2.75, 3.05) is 5.32 Å². The molecule has 1 aliphatic rings. The Balaban J connectivity index is 1.53. The summed E-state index contributed by atoms with van der Waals surface area (Å²) in [6.45, 7) is 0.610. The molecule has 0 aromatic carbocycles. The summed E-state index contributed by atoms with van der Waals surface area (Å²) in [5, 5.41) is 3.76. The first-order chi connectivity index (χ1) is 10.3. The fourth-order valence-electron chi connectivity index (χ4n) is 2.30. The van der Waals surface area contributed by atoms with Crippen molar-refractivity contribution in [1.29, 1.82) is 0 Å². The van der Waals surface area contributed by atoms with Gasteiger partial charge in [-0.1, -0.05) is 17.7 Å². The molecule has 1 N–H and O–H groups in total. The Morgan fingerprint density at radius 2 is 2.14 bits per heavy atom. The number of aromatic nitrogens is 4. The van der Waals surface area contributed by atoms with E-state index in [-0.39, 0.29) is 0 Å². The van der Waals surface area contributed by atoms with Crippen LogP contribution in [0.3, 0.4) is 0 Å². The molecule has 0 bridgehead atoms. The van der Waals surface area contributed by atoms with Crippen LogP contribution < -0.4 is 5.32 Å². The number of imidazole rings is 1. The highest BCUT2D eigenvalue weighted by molar-refractivity contribution is 6.29. The van der Waals surface area contributed by atoms with E-state index < -0.39 is 0 Å². The van der Waals surface area contributed by atoms with Crippen LogP contribution in [-0.2, 0) is 6.54 Å². The minimum Gasteiger partial charge on any atom is -0.364 e. The summed E-state index contributed by atoms with van der Waals surface area (Å²) < 4.78 is 2.00. The molecule has 0 radical (unpaired) electrons. The van der Waals surface area contributed by atoms with Crippen LogP contribution in [0.15, 0.2) is 36.7 Å². The van der Waals surface area contributed by atoms with E-state index in [1.165, 1.54) is 0 Å². The van der Waals surface area contributed by atoms with Crippen LogP contribution in [0, 0.1) is 0 Å². The molecule has 1 aliphatic carbocycles. The molecule has 3 aromatic heterocycles. The van der Waals surface area contributed by atoms with Crippen molar-refractivity contribution in [2.24, 2.45) is 0 Å². The first-order valence-electron chi connectivity index (χ1n) is 6.99. The molecule has 1 fully saturated rings. The summed E-state index contributed by atoms with van der Waals surface area (Å²) >= 11 is 6.06. The summed E-state index contributed by atoms with van der Waals surface area (Å²) in [5.41, 5.74) is 1.90. The Labute approximate surface area is 127 Å². The molecule has 0 unspecified atom stereocenters. The van der Waals surface area contributed by atoms with Gasteiger partial charge >= 0.3 is 0 Å². The van der Waals surface area contributed by atoms with Crippen LogP contribution in [0.4, 0.5) is 5.82 Å². The largest absolute Gasteiger partial charge is 0.364 e. The Kier molecular flexibility index (Phi) is 3.00. The molecule has 1 saturated carbocycles. The van der Waals surface area contributed by atoms with E-state index in [4.69, 9.17) is 11.6 Å². The standard InChI is InChI=1S/C15H14ClN5/c16-12-7-13(20-15(19-12)10-4-5-10)17-8-11-9-21-6-2-1-3-14(21)18-11/h1-3,6-7,9-10H,4-5,8H2,(H,17,19,20). The number of hydrogen-bond donors (Lipinski definition) is 1. The van der Waals surface area contributed by atoms with Gasteiger partial charge in [-0.25, -0.2) is 15.0 Å².